The Labute approximate surface area is 129 Å². The van der Waals surface area contributed by atoms with E-state index < -0.39 is 6.04 Å². The molecule has 1 amide bonds. The second kappa shape index (κ2) is 6.76. The summed E-state index contributed by atoms with van der Waals surface area (Å²) in [6, 6.07) is -0.404. The van der Waals surface area contributed by atoms with Gasteiger partial charge in [-0.3, -0.25) is 9.48 Å². The van der Waals surface area contributed by atoms with Crippen molar-refractivity contribution in [3.05, 3.63) is 35.6 Å². The molecule has 1 unspecified atom stereocenters. The molecule has 7 heteroatoms. The lowest BCUT2D eigenvalue weighted by Gasteiger charge is -2.14. The van der Waals surface area contributed by atoms with Crippen LogP contribution in [0.3, 0.4) is 0 Å². The molecule has 0 fully saturated rings. The first-order valence-electron chi connectivity index (χ1n) is 6.93. The standard InChI is InChI=1S/C14H20ClN5O/c1-10(2)7-19-9-16-5-13(19)6-17-14(21)11(3)20-8-12(15)4-18-20/h4-5,8-11H,6-7H2,1-3H3,(H,17,21). The molecule has 0 saturated carbocycles. The van der Waals surface area contributed by atoms with Crippen molar-refractivity contribution in [3.8, 4) is 0 Å². The molecule has 1 N–H and O–H groups in total. The SMILES string of the molecule is CC(C)Cn1cncc1CNC(=O)C(C)n1cc(Cl)cn1. The van der Waals surface area contributed by atoms with Crippen molar-refractivity contribution in [2.24, 2.45) is 5.92 Å². The van der Waals surface area contributed by atoms with Crippen molar-refractivity contribution >= 4 is 17.5 Å². The Morgan fingerprint density at radius 2 is 2.14 bits per heavy atom. The molecule has 2 aromatic heterocycles. The summed E-state index contributed by atoms with van der Waals surface area (Å²) in [5.41, 5.74) is 0.989. The number of rotatable bonds is 6. The minimum Gasteiger partial charge on any atom is -0.349 e. The lowest BCUT2D eigenvalue weighted by Crippen LogP contribution is -2.31. The fourth-order valence-corrected chi connectivity index (χ4v) is 2.17. The number of nitrogens with zero attached hydrogens (tertiary/aromatic N) is 4. The molecular formula is C14H20ClN5O. The van der Waals surface area contributed by atoms with Gasteiger partial charge in [-0.15, -0.1) is 0 Å². The largest absolute Gasteiger partial charge is 0.349 e. The monoisotopic (exact) mass is 309 g/mol. The van der Waals surface area contributed by atoms with E-state index in [1.807, 2.05) is 0 Å². The summed E-state index contributed by atoms with van der Waals surface area (Å²) in [4.78, 5) is 16.3. The lowest BCUT2D eigenvalue weighted by molar-refractivity contribution is -0.124. The van der Waals surface area contributed by atoms with Crippen LogP contribution in [0.5, 0.6) is 0 Å². The molecule has 1 atom stereocenters. The zero-order chi connectivity index (χ0) is 15.4. The van der Waals surface area contributed by atoms with E-state index in [0.717, 1.165) is 12.2 Å². The van der Waals surface area contributed by atoms with Gasteiger partial charge in [-0.05, 0) is 12.8 Å². The topological polar surface area (TPSA) is 64.7 Å². The number of aromatic nitrogens is 4. The fraction of sp³-hybridized carbons (Fsp3) is 0.500. The number of carbonyl (C=O) groups excluding carboxylic acids is 1. The number of hydrogen-bond donors (Lipinski definition) is 1. The second-order valence-corrected chi connectivity index (χ2v) is 5.90. The zero-order valence-electron chi connectivity index (χ0n) is 12.5. The van der Waals surface area contributed by atoms with Crippen LogP contribution >= 0.6 is 11.6 Å². The summed E-state index contributed by atoms with van der Waals surface area (Å²) < 4.78 is 3.60. The predicted molar refractivity (Wildman–Crippen MR) is 80.9 cm³/mol. The van der Waals surface area contributed by atoms with Crippen LogP contribution in [-0.4, -0.2) is 25.2 Å². The van der Waals surface area contributed by atoms with E-state index in [4.69, 9.17) is 11.6 Å². The number of hydrogen-bond acceptors (Lipinski definition) is 3. The van der Waals surface area contributed by atoms with Crippen LogP contribution in [0.25, 0.3) is 0 Å². The van der Waals surface area contributed by atoms with Crippen LogP contribution in [0.2, 0.25) is 5.02 Å². The summed E-state index contributed by atoms with van der Waals surface area (Å²) in [6.07, 6.45) is 6.72. The third-order valence-corrected chi connectivity index (χ3v) is 3.35. The van der Waals surface area contributed by atoms with Crippen molar-refractivity contribution in [2.45, 2.75) is 39.9 Å². The highest BCUT2D eigenvalue weighted by molar-refractivity contribution is 6.30. The van der Waals surface area contributed by atoms with Gasteiger partial charge in [0, 0.05) is 18.9 Å². The summed E-state index contributed by atoms with van der Waals surface area (Å²) in [7, 11) is 0. The van der Waals surface area contributed by atoms with Crippen LogP contribution in [0.4, 0.5) is 0 Å². The Balaban J connectivity index is 1.93. The average molecular weight is 310 g/mol. The van der Waals surface area contributed by atoms with Gasteiger partial charge in [-0.1, -0.05) is 25.4 Å². The summed E-state index contributed by atoms with van der Waals surface area (Å²) in [5.74, 6) is 0.422. The normalized spacial score (nSPS) is 12.6. The van der Waals surface area contributed by atoms with Crippen molar-refractivity contribution in [3.63, 3.8) is 0 Å². The highest BCUT2D eigenvalue weighted by Gasteiger charge is 2.16. The smallest absolute Gasteiger partial charge is 0.244 e. The molecule has 21 heavy (non-hydrogen) atoms. The first-order chi connectivity index (χ1) is 9.97. The Morgan fingerprint density at radius 1 is 1.38 bits per heavy atom. The number of carbonyl (C=O) groups is 1. The number of imidazole rings is 1. The third kappa shape index (κ3) is 4.07. The average Bonchev–Trinajstić information content (AvgIpc) is 3.03. The maximum Gasteiger partial charge on any atom is 0.244 e. The first-order valence-corrected chi connectivity index (χ1v) is 7.31. The predicted octanol–water partition coefficient (Wildman–Crippen LogP) is 2.27. The van der Waals surface area contributed by atoms with Gasteiger partial charge in [-0.2, -0.15) is 5.10 Å². The van der Waals surface area contributed by atoms with Crippen LogP contribution in [0.1, 0.15) is 32.5 Å². The van der Waals surface area contributed by atoms with Gasteiger partial charge in [0.15, 0.2) is 0 Å². The molecule has 2 rings (SSSR count). The van der Waals surface area contributed by atoms with Gasteiger partial charge in [-0.25, -0.2) is 4.98 Å². The number of halogens is 1. The maximum atomic E-state index is 12.1. The molecule has 0 spiro atoms. The summed E-state index contributed by atoms with van der Waals surface area (Å²) in [6.45, 7) is 7.41. The van der Waals surface area contributed by atoms with E-state index in [-0.39, 0.29) is 5.91 Å². The van der Waals surface area contributed by atoms with Crippen LogP contribution < -0.4 is 5.32 Å². The van der Waals surface area contributed by atoms with Gasteiger partial charge >= 0.3 is 0 Å². The third-order valence-electron chi connectivity index (χ3n) is 3.15. The van der Waals surface area contributed by atoms with Gasteiger partial charge in [0.1, 0.15) is 6.04 Å². The van der Waals surface area contributed by atoms with Gasteiger partial charge < -0.3 is 9.88 Å². The van der Waals surface area contributed by atoms with E-state index in [0.29, 0.717) is 17.5 Å². The molecule has 0 aliphatic rings. The maximum absolute atomic E-state index is 12.1. The molecule has 0 aliphatic heterocycles. The quantitative estimate of drug-likeness (QED) is 0.890. The van der Waals surface area contributed by atoms with Crippen LogP contribution in [0.15, 0.2) is 24.9 Å². The summed E-state index contributed by atoms with van der Waals surface area (Å²) in [5, 5.41) is 7.47. The van der Waals surface area contributed by atoms with E-state index in [2.05, 4.69) is 33.8 Å². The lowest BCUT2D eigenvalue weighted by atomic mass is 10.2. The molecule has 0 aromatic carbocycles. The second-order valence-electron chi connectivity index (χ2n) is 5.46. The van der Waals surface area contributed by atoms with Gasteiger partial charge in [0.2, 0.25) is 5.91 Å². The number of nitrogens with one attached hydrogen (secondary N) is 1. The van der Waals surface area contributed by atoms with Crippen LogP contribution in [-0.2, 0) is 17.9 Å². The van der Waals surface area contributed by atoms with Gasteiger partial charge in [0.05, 0.1) is 29.8 Å². The molecule has 0 radical (unpaired) electrons. The molecule has 6 nitrogen and oxygen atoms in total. The van der Waals surface area contributed by atoms with E-state index in [1.165, 1.54) is 6.20 Å². The molecule has 0 saturated heterocycles. The zero-order valence-corrected chi connectivity index (χ0v) is 13.2. The molecule has 114 valence electrons. The van der Waals surface area contributed by atoms with Crippen molar-refractivity contribution in [2.75, 3.05) is 0 Å². The van der Waals surface area contributed by atoms with Crippen molar-refractivity contribution < 1.29 is 4.79 Å². The minimum absolute atomic E-state index is 0.105. The highest BCUT2D eigenvalue weighted by atomic mass is 35.5. The van der Waals surface area contributed by atoms with E-state index in [1.54, 1.807) is 30.3 Å². The summed E-state index contributed by atoms with van der Waals surface area (Å²) >= 11 is 5.81. The number of amides is 1. The molecular weight excluding hydrogens is 290 g/mol. The minimum atomic E-state index is -0.404. The first kappa shape index (κ1) is 15.6. The molecule has 2 heterocycles. The molecule has 2 aromatic rings. The Hall–Kier alpha value is -1.82. The Morgan fingerprint density at radius 3 is 2.76 bits per heavy atom. The van der Waals surface area contributed by atoms with Crippen LogP contribution in [0, 0.1) is 5.92 Å². The Bertz CT molecular complexity index is 604. The molecule has 0 bridgehead atoms. The van der Waals surface area contributed by atoms with E-state index in [9.17, 15) is 4.79 Å². The highest BCUT2D eigenvalue weighted by Crippen LogP contribution is 2.11. The van der Waals surface area contributed by atoms with Crippen molar-refractivity contribution in [1.29, 1.82) is 0 Å². The van der Waals surface area contributed by atoms with Gasteiger partial charge in [0.25, 0.3) is 0 Å². The van der Waals surface area contributed by atoms with E-state index >= 15 is 0 Å². The fourth-order valence-electron chi connectivity index (χ4n) is 2.03. The Kier molecular flexibility index (Phi) is 5.01. The molecule has 0 aliphatic carbocycles. The van der Waals surface area contributed by atoms with Crippen molar-refractivity contribution in [1.82, 2.24) is 24.6 Å².